The van der Waals surface area contributed by atoms with E-state index in [-0.39, 0.29) is 11.0 Å². The zero-order valence-corrected chi connectivity index (χ0v) is 8.19. The molecule has 2 rings (SSSR count). The predicted octanol–water partition coefficient (Wildman–Crippen LogP) is 1.36. The Hall–Kier alpha value is -2.05. The third kappa shape index (κ3) is 1.50. The van der Waals surface area contributed by atoms with Crippen LogP contribution in [0.15, 0.2) is 12.1 Å². The van der Waals surface area contributed by atoms with E-state index in [0.717, 1.165) is 16.8 Å². The van der Waals surface area contributed by atoms with Gasteiger partial charge in [-0.2, -0.15) is 0 Å². The first-order valence-electron chi connectivity index (χ1n) is 4.43. The Labute approximate surface area is 88.3 Å². The van der Waals surface area contributed by atoms with Crippen LogP contribution in [-0.2, 0) is 4.79 Å². The molecule has 0 aliphatic rings. The van der Waals surface area contributed by atoms with Crippen LogP contribution in [0.2, 0.25) is 0 Å². The molecular weight excluding hydrogens is 220 g/mol. The van der Waals surface area contributed by atoms with Crippen molar-refractivity contribution in [1.29, 1.82) is 0 Å². The lowest BCUT2D eigenvalue weighted by Crippen LogP contribution is -2.16. The summed E-state index contributed by atoms with van der Waals surface area (Å²) in [6, 6.07) is 0.766. The van der Waals surface area contributed by atoms with Crippen molar-refractivity contribution in [3.05, 3.63) is 23.8 Å². The summed E-state index contributed by atoms with van der Waals surface area (Å²) in [5, 5.41) is 15.9. The molecule has 2 aromatic rings. The molecule has 5 nitrogen and oxygen atoms in total. The molecule has 0 radical (unpaired) electrons. The van der Waals surface area contributed by atoms with Gasteiger partial charge in [-0.05, 0) is 6.92 Å². The Morgan fingerprint density at radius 1 is 1.44 bits per heavy atom. The number of aliphatic carboxylic acids is 1. The second kappa shape index (κ2) is 3.51. The Bertz CT molecular complexity index is 567. The number of hydrogen-bond acceptors (Lipinski definition) is 3. The van der Waals surface area contributed by atoms with Crippen LogP contribution in [0, 0.1) is 11.6 Å². The molecule has 0 saturated carbocycles. The fourth-order valence-electron chi connectivity index (χ4n) is 1.32. The summed E-state index contributed by atoms with van der Waals surface area (Å²) in [5.41, 5.74) is 0.265. The van der Waals surface area contributed by atoms with Crippen molar-refractivity contribution in [3.63, 3.8) is 0 Å². The topological polar surface area (TPSA) is 68.0 Å². The maximum Gasteiger partial charge on any atom is 0.328 e. The highest BCUT2D eigenvalue weighted by atomic mass is 19.2. The fraction of sp³-hybridized carbons (Fsp3) is 0.222. The molecule has 0 fully saturated rings. The summed E-state index contributed by atoms with van der Waals surface area (Å²) < 4.78 is 26.9. The monoisotopic (exact) mass is 227 g/mol. The number of fused-ring (bicyclic) bond motifs is 1. The number of rotatable bonds is 2. The van der Waals surface area contributed by atoms with Crippen LogP contribution >= 0.6 is 0 Å². The SMILES string of the molecule is CC(C(=O)O)n1nnc2cc(F)c(F)cc21. The lowest BCUT2D eigenvalue weighted by molar-refractivity contribution is -0.140. The Morgan fingerprint density at radius 2 is 2.06 bits per heavy atom. The smallest absolute Gasteiger partial charge is 0.328 e. The Balaban J connectivity index is 2.65. The summed E-state index contributed by atoms with van der Waals surface area (Å²) in [6.45, 7) is 1.37. The molecule has 0 aliphatic heterocycles. The zero-order chi connectivity index (χ0) is 11.9. The zero-order valence-electron chi connectivity index (χ0n) is 8.19. The van der Waals surface area contributed by atoms with Gasteiger partial charge in [0.1, 0.15) is 11.6 Å². The highest BCUT2D eigenvalue weighted by molar-refractivity contribution is 5.78. The molecule has 7 heteroatoms. The van der Waals surface area contributed by atoms with Crippen LogP contribution in [-0.4, -0.2) is 26.1 Å². The summed E-state index contributed by atoms with van der Waals surface area (Å²) in [6.07, 6.45) is 0. The van der Waals surface area contributed by atoms with Crippen molar-refractivity contribution < 1.29 is 18.7 Å². The first-order chi connectivity index (χ1) is 7.50. The summed E-state index contributed by atoms with van der Waals surface area (Å²) in [5.74, 6) is -3.23. The molecule has 1 aromatic heterocycles. The molecule has 0 saturated heterocycles. The molecule has 1 unspecified atom stereocenters. The van der Waals surface area contributed by atoms with E-state index in [2.05, 4.69) is 10.3 Å². The van der Waals surface area contributed by atoms with Gasteiger partial charge < -0.3 is 5.11 Å². The molecular formula is C9H7F2N3O2. The van der Waals surface area contributed by atoms with Crippen molar-refractivity contribution in [1.82, 2.24) is 15.0 Å². The van der Waals surface area contributed by atoms with Gasteiger partial charge in [0.25, 0.3) is 0 Å². The van der Waals surface area contributed by atoms with E-state index >= 15 is 0 Å². The minimum Gasteiger partial charge on any atom is -0.480 e. The van der Waals surface area contributed by atoms with Crippen LogP contribution in [0.5, 0.6) is 0 Å². The number of carboxylic acid groups (broad SMARTS) is 1. The van der Waals surface area contributed by atoms with Gasteiger partial charge >= 0.3 is 5.97 Å². The van der Waals surface area contributed by atoms with E-state index in [9.17, 15) is 13.6 Å². The number of carboxylic acids is 1. The second-order valence-corrected chi connectivity index (χ2v) is 3.30. The van der Waals surface area contributed by atoms with Crippen LogP contribution in [0.1, 0.15) is 13.0 Å². The summed E-state index contributed by atoms with van der Waals surface area (Å²) in [4.78, 5) is 10.7. The average molecular weight is 227 g/mol. The third-order valence-corrected chi connectivity index (χ3v) is 2.24. The first kappa shape index (κ1) is 10.5. The molecule has 1 heterocycles. The lowest BCUT2D eigenvalue weighted by Gasteiger charge is -2.06. The van der Waals surface area contributed by atoms with Gasteiger partial charge in [0.2, 0.25) is 0 Å². The first-order valence-corrected chi connectivity index (χ1v) is 4.43. The van der Waals surface area contributed by atoms with Gasteiger partial charge in [-0.25, -0.2) is 18.3 Å². The van der Waals surface area contributed by atoms with Crippen LogP contribution in [0.4, 0.5) is 8.78 Å². The Kier molecular flexibility index (Phi) is 2.30. The number of carbonyl (C=O) groups is 1. The average Bonchev–Trinajstić information content (AvgIpc) is 2.60. The van der Waals surface area contributed by atoms with Gasteiger partial charge in [-0.1, -0.05) is 5.21 Å². The highest BCUT2D eigenvalue weighted by Crippen LogP contribution is 2.19. The number of nitrogens with zero attached hydrogens (tertiary/aromatic N) is 3. The normalized spacial score (nSPS) is 12.9. The third-order valence-electron chi connectivity index (χ3n) is 2.24. The van der Waals surface area contributed by atoms with E-state index in [1.54, 1.807) is 0 Å². The van der Waals surface area contributed by atoms with E-state index in [0.29, 0.717) is 0 Å². The minimum atomic E-state index is -1.13. The molecule has 84 valence electrons. The number of hydrogen-bond donors (Lipinski definition) is 1. The largest absolute Gasteiger partial charge is 0.480 e. The van der Waals surface area contributed by atoms with Crippen molar-refractivity contribution in [2.45, 2.75) is 13.0 Å². The number of benzene rings is 1. The fourth-order valence-corrected chi connectivity index (χ4v) is 1.32. The van der Waals surface area contributed by atoms with E-state index in [1.807, 2.05) is 0 Å². The standard InChI is InChI=1S/C9H7F2N3O2/c1-4(9(15)16)14-8-3-6(11)5(10)2-7(8)12-13-14/h2-4H,1H3,(H,15,16). The van der Waals surface area contributed by atoms with Gasteiger partial charge in [0, 0.05) is 12.1 Å². The van der Waals surface area contributed by atoms with Gasteiger partial charge in [0.15, 0.2) is 11.6 Å². The van der Waals surface area contributed by atoms with Crippen LogP contribution in [0.25, 0.3) is 11.0 Å². The van der Waals surface area contributed by atoms with Gasteiger partial charge in [-0.15, -0.1) is 5.10 Å². The molecule has 1 N–H and O–H groups in total. The van der Waals surface area contributed by atoms with Crippen molar-refractivity contribution in [2.24, 2.45) is 0 Å². The lowest BCUT2D eigenvalue weighted by atomic mass is 10.2. The summed E-state index contributed by atoms with van der Waals surface area (Å²) >= 11 is 0. The number of aromatic nitrogens is 3. The van der Waals surface area contributed by atoms with Crippen molar-refractivity contribution >= 4 is 17.0 Å². The summed E-state index contributed by atoms with van der Waals surface area (Å²) in [7, 11) is 0. The van der Waals surface area contributed by atoms with Gasteiger partial charge in [-0.3, -0.25) is 0 Å². The molecule has 1 aromatic carbocycles. The van der Waals surface area contributed by atoms with Crippen molar-refractivity contribution in [2.75, 3.05) is 0 Å². The predicted molar refractivity (Wildman–Crippen MR) is 49.8 cm³/mol. The number of halogens is 2. The molecule has 0 amide bonds. The van der Waals surface area contributed by atoms with Crippen LogP contribution < -0.4 is 0 Å². The quantitative estimate of drug-likeness (QED) is 0.840. The van der Waals surface area contributed by atoms with Crippen molar-refractivity contribution in [3.8, 4) is 0 Å². The molecule has 0 spiro atoms. The maximum atomic E-state index is 13.0. The second-order valence-electron chi connectivity index (χ2n) is 3.30. The molecule has 1 atom stereocenters. The molecule has 0 bridgehead atoms. The highest BCUT2D eigenvalue weighted by Gasteiger charge is 2.19. The van der Waals surface area contributed by atoms with E-state index in [1.165, 1.54) is 6.92 Å². The van der Waals surface area contributed by atoms with E-state index < -0.39 is 23.6 Å². The minimum absolute atomic E-state index is 0.118. The van der Waals surface area contributed by atoms with Crippen LogP contribution in [0.3, 0.4) is 0 Å². The Morgan fingerprint density at radius 3 is 2.69 bits per heavy atom. The van der Waals surface area contributed by atoms with E-state index in [4.69, 9.17) is 5.11 Å². The molecule has 16 heavy (non-hydrogen) atoms. The maximum absolute atomic E-state index is 13.0. The van der Waals surface area contributed by atoms with Gasteiger partial charge in [0.05, 0.1) is 5.52 Å². The molecule has 0 aliphatic carbocycles.